The highest BCUT2D eigenvalue weighted by atomic mass is 32.1. The van der Waals surface area contributed by atoms with E-state index in [9.17, 15) is 22.0 Å². The number of halogens is 5. The fourth-order valence-electron chi connectivity index (χ4n) is 1.44. The van der Waals surface area contributed by atoms with E-state index in [1.54, 1.807) is 12.1 Å². The molecule has 0 fully saturated rings. The Labute approximate surface area is 124 Å². The molecule has 0 radical (unpaired) electrons. The summed E-state index contributed by atoms with van der Waals surface area (Å²) in [5.74, 6) is -4.30. The van der Waals surface area contributed by atoms with Crippen molar-refractivity contribution in [1.82, 2.24) is 5.32 Å². The molecule has 0 saturated carbocycles. The second-order valence-electron chi connectivity index (χ2n) is 5.09. The molecule has 0 aliphatic carbocycles. The molecule has 0 atom stereocenters. The molecular formula is C13H18F5NOS. The smallest absolute Gasteiger partial charge is 0.369 e. The van der Waals surface area contributed by atoms with E-state index in [0.717, 1.165) is 11.4 Å². The first-order valence-electron chi connectivity index (χ1n) is 6.42. The van der Waals surface area contributed by atoms with Gasteiger partial charge in [-0.15, -0.1) is 11.3 Å². The first-order valence-corrected chi connectivity index (χ1v) is 7.24. The van der Waals surface area contributed by atoms with Crippen molar-refractivity contribution < 1.29 is 26.7 Å². The molecule has 122 valence electrons. The van der Waals surface area contributed by atoms with Gasteiger partial charge in [0.2, 0.25) is 0 Å². The average Bonchev–Trinajstić information content (AvgIpc) is 2.75. The molecule has 21 heavy (non-hydrogen) atoms. The maximum Gasteiger partial charge on any atom is 0.455 e. The lowest BCUT2D eigenvalue weighted by Crippen LogP contribution is -2.40. The van der Waals surface area contributed by atoms with Crippen molar-refractivity contribution in [3.05, 3.63) is 21.9 Å². The Kier molecular flexibility index (Phi) is 6.55. The zero-order chi connectivity index (χ0) is 16.1. The van der Waals surface area contributed by atoms with Crippen LogP contribution < -0.4 is 5.32 Å². The second-order valence-corrected chi connectivity index (χ2v) is 6.34. The molecule has 2 nitrogen and oxygen atoms in total. The number of thiophene rings is 1. The second kappa shape index (κ2) is 7.51. The van der Waals surface area contributed by atoms with Crippen LogP contribution in [0, 0.1) is 5.92 Å². The highest BCUT2D eigenvalue weighted by molar-refractivity contribution is 7.11. The summed E-state index contributed by atoms with van der Waals surface area (Å²) in [7, 11) is 0. The van der Waals surface area contributed by atoms with Crippen LogP contribution in [0.2, 0.25) is 0 Å². The number of alkyl halides is 5. The highest BCUT2D eigenvalue weighted by Gasteiger charge is 2.57. The van der Waals surface area contributed by atoms with Gasteiger partial charge in [-0.2, -0.15) is 22.0 Å². The van der Waals surface area contributed by atoms with E-state index in [0.29, 0.717) is 17.3 Å². The van der Waals surface area contributed by atoms with Crippen molar-refractivity contribution >= 4 is 11.3 Å². The summed E-state index contributed by atoms with van der Waals surface area (Å²) < 4.78 is 65.5. The molecule has 1 aromatic heterocycles. The fraction of sp³-hybridized carbons (Fsp3) is 0.692. The Hall–Kier alpha value is -0.730. The number of rotatable bonds is 8. The first-order chi connectivity index (χ1) is 9.62. The maximum atomic E-state index is 12.6. The summed E-state index contributed by atoms with van der Waals surface area (Å²) in [6.07, 6.45) is -5.58. The van der Waals surface area contributed by atoms with Gasteiger partial charge in [-0.1, -0.05) is 13.8 Å². The minimum atomic E-state index is -5.58. The van der Waals surface area contributed by atoms with Gasteiger partial charge in [-0.25, -0.2) is 0 Å². The first kappa shape index (κ1) is 18.3. The molecule has 0 spiro atoms. The number of ether oxygens (including phenoxy) is 1. The van der Waals surface area contributed by atoms with Crippen LogP contribution in [0.15, 0.2) is 12.1 Å². The number of hydrogen-bond donors (Lipinski definition) is 1. The Morgan fingerprint density at radius 1 is 1.14 bits per heavy atom. The van der Waals surface area contributed by atoms with Gasteiger partial charge >= 0.3 is 12.1 Å². The molecular weight excluding hydrogens is 313 g/mol. The minimum absolute atomic E-state index is 0.249. The molecule has 0 saturated heterocycles. The van der Waals surface area contributed by atoms with Crippen molar-refractivity contribution in [2.75, 3.05) is 13.2 Å². The van der Waals surface area contributed by atoms with Crippen LogP contribution in [-0.4, -0.2) is 25.3 Å². The Balaban J connectivity index is 2.35. The Bertz CT molecular complexity index is 430. The van der Waals surface area contributed by atoms with Gasteiger partial charge in [0.25, 0.3) is 0 Å². The van der Waals surface area contributed by atoms with E-state index in [4.69, 9.17) is 0 Å². The normalized spacial score (nSPS) is 13.1. The minimum Gasteiger partial charge on any atom is -0.369 e. The standard InChI is InChI=1S/C13H18F5NOS/c1-9(2)5-19-6-10-3-4-11(21-10)7-20-8-12(14,15)13(16,17)18/h3-4,9,19H,5-8H2,1-2H3. The topological polar surface area (TPSA) is 21.3 Å². The molecule has 8 heteroatoms. The van der Waals surface area contributed by atoms with Crippen LogP contribution in [-0.2, 0) is 17.9 Å². The van der Waals surface area contributed by atoms with Gasteiger partial charge < -0.3 is 10.1 Å². The molecule has 0 unspecified atom stereocenters. The predicted molar refractivity (Wildman–Crippen MR) is 71.5 cm³/mol. The van der Waals surface area contributed by atoms with E-state index in [1.807, 2.05) is 0 Å². The fourth-order valence-corrected chi connectivity index (χ4v) is 2.37. The van der Waals surface area contributed by atoms with Gasteiger partial charge in [0, 0.05) is 16.3 Å². The van der Waals surface area contributed by atoms with Gasteiger partial charge in [0.1, 0.15) is 6.61 Å². The molecule has 0 amide bonds. The Morgan fingerprint density at radius 3 is 2.33 bits per heavy atom. The van der Waals surface area contributed by atoms with Gasteiger partial charge in [-0.05, 0) is 24.6 Å². The molecule has 1 N–H and O–H groups in total. The molecule has 1 heterocycles. The zero-order valence-electron chi connectivity index (χ0n) is 11.8. The predicted octanol–water partition coefficient (Wildman–Crippen LogP) is 4.21. The average molecular weight is 331 g/mol. The number of hydrogen-bond acceptors (Lipinski definition) is 3. The summed E-state index contributed by atoms with van der Waals surface area (Å²) in [5, 5.41) is 3.22. The van der Waals surface area contributed by atoms with Crippen LogP contribution in [0.1, 0.15) is 23.6 Å². The van der Waals surface area contributed by atoms with Gasteiger partial charge in [0.15, 0.2) is 0 Å². The molecule has 1 aromatic rings. The summed E-state index contributed by atoms with van der Waals surface area (Å²) >= 11 is 1.33. The van der Waals surface area contributed by atoms with Crippen molar-refractivity contribution in [1.29, 1.82) is 0 Å². The lowest BCUT2D eigenvalue weighted by Gasteiger charge is -2.18. The van der Waals surface area contributed by atoms with E-state index in [-0.39, 0.29) is 6.61 Å². The summed E-state index contributed by atoms with van der Waals surface area (Å²) in [6, 6.07) is 3.47. The SMILES string of the molecule is CC(C)CNCc1ccc(COCC(F)(F)C(F)(F)F)s1. The lowest BCUT2D eigenvalue weighted by molar-refractivity contribution is -0.297. The van der Waals surface area contributed by atoms with E-state index in [2.05, 4.69) is 23.9 Å². The zero-order valence-corrected chi connectivity index (χ0v) is 12.6. The summed E-state index contributed by atoms with van der Waals surface area (Å²) in [4.78, 5) is 1.60. The van der Waals surface area contributed by atoms with Crippen LogP contribution in [0.5, 0.6) is 0 Å². The van der Waals surface area contributed by atoms with Crippen LogP contribution in [0.4, 0.5) is 22.0 Å². The van der Waals surface area contributed by atoms with Crippen molar-refractivity contribution in [3.63, 3.8) is 0 Å². The summed E-state index contributed by atoms with van der Waals surface area (Å²) in [5.41, 5.74) is 0. The Morgan fingerprint density at radius 2 is 1.76 bits per heavy atom. The summed E-state index contributed by atoms with van der Waals surface area (Å²) in [6.45, 7) is 3.72. The molecule has 0 bridgehead atoms. The van der Waals surface area contributed by atoms with E-state index in [1.165, 1.54) is 11.3 Å². The van der Waals surface area contributed by atoms with Crippen molar-refractivity contribution in [2.24, 2.45) is 5.92 Å². The highest BCUT2D eigenvalue weighted by Crippen LogP contribution is 2.35. The van der Waals surface area contributed by atoms with Gasteiger partial charge in [0.05, 0.1) is 6.61 Å². The third kappa shape index (κ3) is 6.27. The van der Waals surface area contributed by atoms with Crippen LogP contribution >= 0.6 is 11.3 Å². The van der Waals surface area contributed by atoms with Crippen molar-refractivity contribution in [3.8, 4) is 0 Å². The maximum absolute atomic E-state index is 12.6. The quantitative estimate of drug-likeness (QED) is 0.721. The van der Waals surface area contributed by atoms with E-state index >= 15 is 0 Å². The molecule has 0 aliphatic heterocycles. The monoisotopic (exact) mass is 331 g/mol. The lowest BCUT2D eigenvalue weighted by atomic mass is 10.2. The van der Waals surface area contributed by atoms with Crippen LogP contribution in [0.25, 0.3) is 0 Å². The van der Waals surface area contributed by atoms with Gasteiger partial charge in [-0.3, -0.25) is 0 Å². The third-order valence-electron chi connectivity index (χ3n) is 2.51. The molecule has 0 aliphatic rings. The number of nitrogens with one attached hydrogen (secondary N) is 1. The van der Waals surface area contributed by atoms with Crippen molar-refractivity contribution in [2.45, 2.75) is 39.1 Å². The third-order valence-corrected chi connectivity index (χ3v) is 3.57. The largest absolute Gasteiger partial charge is 0.455 e. The molecule has 1 rings (SSSR count). The molecule has 0 aromatic carbocycles. The van der Waals surface area contributed by atoms with Crippen LogP contribution in [0.3, 0.4) is 0 Å². The van der Waals surface area contributed by atoms with E-state index < -0.39 is 18.7 Å².